The Hall–Kier alpha value is -1.59. The van der Waals surface area contributed by atoms with Crippen LogP contribution < -0.4 is 4.74 Å². The molecule has 0 saturated carbocycles. The summed E-state index contributed by atoms with van der Waals surface area (Å²) in [5.41, 5.74) is 0.110. The summed E-state index contributed by atoms with van der Waals surface area (Å²) in [5.74, 6) is -0.265. The highest BCUT2D eigenvalue weighted by Gasteiger charge is 2.36. The Morgan fingerprint density at radius 1 is 1.14 bits per heavy atom. The smallest absolute Gasteiger partial charge is 0.185 e. The average molecular weight is 327 g/mol. The second kappa shape index (κ2) is 5.31. The van der Waals surface area contributed by atoms with Crippen molar-refractivity contribution < 1.29 is 17.5 Å². The number of hydrogen-bond acceptors (Lipinski definition) is 3. The first kappa shape index (κ1) is 14.4. The first-order valence-corrected chi connectivity index (χ1v) is 8.33. The summed E-state index contributed by atoms with van der Waals surface area (Å²) >= 11 is 5.78. The Balaban J connectivity index is 2.12. The molecule has 2 aromatic rings. The number of ether oxygens (including phenoxy) is 1. The summed E-state index contributed by atoms with van der Waals surface area (Å²) < 4.78 is 44.9. The van der Waals surface area contributed by atoms with Crippen LogP contribution in [-0.2, 0) is 9.84 Å². The number of halogens is 2. The third kappa shape index (κ3) is 2.51. The lowest BCUT2D eigenvalue weighted by atomic mass is 10.1. The van der Waals surface area contributed by atoms with Gasteiger partial charge in [-0.1, -0.05) is 17.7 Å². The van der Waals surface area contributed by atoms with Crippen LogP contribution >= 0.6 is 11.6 Å². The van der Waals surface area contributed by atoms with Crippen LogP contribution in [0.3, 0.4) is 0 Å². The van der Waals surface area contributed by atoms with Gasteiger partial charge < -0.3 is 4.74 Å². The van der Waals surface area contributed by atoms with Gasteiger partial charge in [-0.25, -0.2) is 12.8 Å². The molecule has 0 N–H and O–H groups in total. The van der Waals surface area contributed by atoms with Crippen LogP contribution in [-0.4, -0.2) is 15.0 Å². The van der Waals surface area contributed by atoms with E-state index in [1.54, 1.807) is 6.07 Å². The maximum atomic E-state index is 14.1. The van der Waals surface area contributed by atoms with Crippen LogP contribution in [0.2, 0.25) is 5.02 Å². The molecule has 1 aliphatic heterocycles. The minimum atomic E-state index is -3.69. The Bertz CT molecular complexity index is 772. The number of rotatable bonds is 2. The molecule has 0 aliphatic carbocycles. The van der Waals surface area contributed by atoms with Gasteiger partial charge in [-0.3, -0.25) is 0 Å². The summed E-state index contributed by atoms with van der Waals surface area (Å²) in [6.07, 6.45) is 0.221. The molecule has 3 rings (SSSR count). The Labute approximate surface area is 127 Å². The van der Waals surface area contributed by atoms with Crippen molar-refractivity contribution >= 4 is 21.4 Å². The van der Waals surface area contributed by atoms with Gasteiger partial charge in [-0.05, 0) is 36.4 Å². The fourth-order valence-corrected chi connectivity index (χ4v) is 4.39. The lowest BCUT2D eigenvalue weighted by Crippen LogP contribution is -2.23. The van der Waals surface area contributed by atoms with Gasteiger partial charge in [0.2, 0.25) is 0 Å². The molecule has 3 nitrogen and oxygen atoms in total. The number of fused-ring (bicyclic) bond motifs is 1. The minimum absolute atomic E-state index is 0.110. The molecular weight excluding hydrogens is 315 g/mol. The van der Waals surface area contributed by atoms with Gasteiger partial charge in [0.1, 0.15) is 16.8 Å². The Morgan fingerprint density at radius 3 is 2.57 bits per heavy atom. The molecule has 1 unspecified atom stereocenters. The molecule has 0 amide bonds. The number of sulfone groups is 1. The summed E-state index contributed by atoms with van der Waals surface area (Å²) in [4.78, 5) is 0.132. The van der Waals surface area contributed by atoms with E-state index in [-0.39, 0.29) is 23.5 Å². The second-order valence-corrected chi connectivity index (χ2v) is 7.34. The molecule has 110 valence electrons. The topological polar surface area (TPSA) is 43.4 Å². The van der Waals surface area contributed by atoms with Crippen LogP contribution in [0.25, 0.3) is 0 Å². The van der Waals surface area contributed by atoms with Gasteiger partial charge in [0.15, 0.2) is 9.84 Å². The average Bonchev–Trinajstić information content (AvgIpc) is 2.47. The number of hydrogen-bond donors (Lipinski definition) is 0. The summed E-state index contributed by atoms with van der Waals surface area (Å²) in [6, 6.07) is 10.2. The molecule has 0 fully saturated rings. The Kier molecular flexibility index (Phi) is 3.63. The zero-order valence-electron chi connectivity index (χ0n) is 10.9. The van der Waals surface area contributed by atoms with Crippen molar-refractivity contribution in [3.8, 4) is 5.75 Å². The van der Waals surface area contributed by atoms with E-state index in [9.17, 15) is 12.8 Å². The van der Waals surface area contributed by atoms with Gasteiger partial charge in [0.05, 0.1) is 11.5 Å². The van der Waals surface area contributed by atoms with E-state index < -0.39 is 20.9 Å². The van der Waals surface area contributed by atoms with Gasteiger partial charge in [0.25, 0.3) is 0 Å². The van der Waals surface area contributed by atoms with Crippen molar-refractivity contribution in [2.75, 3.05) is 6.61 Å². The summed E-state index contributed by atoms with van der Waals surface area (Å²) in [6.45, 7) is 0.244. The van der Waals surface area contributed by atoms with E-state index in [1.165, 1.54) is 36.4 Å². The predicted octanol–water partition coefficient (Wildman–Crippen LogP) is 3.78. The SMILES string of the molecule is O=S(=O)(c1ccc(Cl)cc1)C1CCOc2cccc(F)c21. The fraction of sp³-hybridized carbons (Fsp3) is 0.200. The highest BCUT2D eigenvalue weighted by molar-refractivity contribution is 7.91. The predicted molar refractivity (Wildman–Crippen MR) is 77.9 cm³/mol. The van der Waals surface area contributed by atoms with Crippen molar-refractivity contribution in [1.29, 1.82) is 0 Å². The van der Waals surface area contributed by atoms with Gasteiger partial charge >= 0.3 is 0 Å². The van der Waals surface area contributed by atoms with E-state index >= 15 is 0 Å². The highest BCUT2D eigenvalue weighted by atomic mass is 35.5. The molecule has 21 heavy (non-hydrogen) atoms. The molecule has 0 spiro atoms. The summed E-state index contributed by atoms with van der Waals surface area (Å²) in [7, 11) is -3.69. The second-order valence-electron chi connectivity index (χ2n) is 4.78. The first-order valence-electron chi connectivity index (χ1n) is 6.41. The van der Waals surface area contributed by atoms with Crippen LogP contribution in [0, 0.1) is 5.82 Å². The van der Waals surface area contributed by atoms with E-state index in [4.69, 9.17) is 16.3 Å². The lowest BCUT2D eigenvalue weighted by Gasteiger charge is -2.26. The van der Waals surface area contributed by atoms with Crippen molar-refractivity contribution in [3.63, 3.8) is 0 Å². The molecule has 1 heterocycles. The molecule has 0 radical (unpaired) electrons. The Morgan fingerprint density at radius 2 is 1.86 bits per heavy atom. The molecule has 0 bridgehead atoms. The molecule has 0 aromatic heterocycles. The summed E-state index contributed by atoms with van der Waals surface area (Å²) in [5, 5.41) is -0.490. The minimum Gasteiger partial charge on any atom is -0.493 e. The van der Waals surface area contributed by atoms with Gasteiger partial charge in [-0.2, -0.15) is 0 Å². The third-order valence-electron chi connectivity index (χ3n) is 3.49. The van der Waals surface area contributed by atoms with Crippen molar-refractivity contribution in [2.45, 2.75) is 16.6 Å². The van der Waals surface area contributed by atoms with Crippen LogP contribution in [0.1, 0.15) is 17.2 Å². The maximum Gasteiger partial charge on any atom is 0.185 e. The van der Waals surface area contributed by atoms with E-state index in [2.05, 4.69) is 0 Å². The fourth-order valence-electron chi connectivity index (χ4n) is 2.47. The molecular formula is C15H12ClFO3S. The van der Waals surface area contributed by atoms with Crippen molar-refractivity contribution in [1.82, 2.24) is 0 Å². The van der Waals surface area contributed by atoms with Crippen LogP contribution in [0.5, 0.6) is 5.75 Å². The van der Waals surface area contributed by atoms with Crippen molar-refractivity contribution in [3.05, 3.63) is 58.9 Å². The standard InChI is InChI=1S/C15H12ClFO3S/c16-10-4-6-11(7-5-10)21(18,19)14-8-9-20-13-3-1-2-12(17)15(13)14/h1-7,14H,8-9H2. The maximum absolute atomic E-state index is 14.1. The molecule has 1 atom stereocenters. The number of benzene rings is 2. The van der Waals surface area contributed by atoms with E-state index in [0.29, 0.717) is 10.8 Å². The third-order valence-corrected chi connectivity index (χ3v) is 5.89. The molecule has 1 aliphatic rings. The lowest BCUT2D eigenvalue weighted by molar-refractivity contribution is 0.279. The van der Waals surface area contributed by atoms with E-state index in [0.717, 1.165) is 0 Å². The van der Waals surface area contributed by atoms with Crippen molar-refractivity contribution in [2.24, 2.45) is 0 Å². The van der Waals surface area contributed by atoms with Crippen LogP contribution in [0.4, 0.5) is 4.39 Å². The van der Waals surface area contributed by atoms with Gasteiger partial charge in [-0.15, -0.1) is 0 Å². The van der Waals surface area contributed by atoms with E-state index in [1.807, 2.05) is 0 Å². The first-order chi connectivity index (χ1) is 10.00. The highest BCUT2D eigenvalue weighted by Crippen LogP contribution is 2.41. The molecule has 0 saturated heterocycles. The molecule has 6 heteroatoms. The van der Waals surface area contributed by atoms with Gasteiger partial charge in [0, 0.05) is 17.0 Å². The monoisotopic (exact) mass is 326 g/mol. The quantitative estimate of drug-likeness (QED) is 0.843. The normalized spacial score (nSPS) is 17.9. The largest absolute Gasteiger partial charge is 0.493 e. The molecule has 2 aromatic carbocycles. The zero-order chi connectivity index (χ0) is 15.0. The zero-order valence-corrected chi connectivity index (χ0v) is 12.5. The van der Waals surface area contributed by atoms with Crippen LogP contribution in [0.15, 0.2) is 47.4 Å².